The number of rotatable bonds is 3. The molecule has 2 N–H and O–H groups in total. The van der Waals surface area contributed by atoms with Gasteiger partial charge in [-0.2, -0.15) is 0 Å². The highest BCUT2D eigenvalue weighted by molar-refractivity contribution is 6.03. The van der Waals surface area contributed by atoms with E-state index in [9.17, 15) is 9.59 Å². The van der Waals surface area contributed by atoms with E-state index in [2.05, 4.69) is 10.6 Å². The summed E-state index contributed by atoms with van der Waals surface area (Å²) in [6, 6.07) is 13.8. The van der Waals surface area contributed by atoms with Crippen molar-refractivity contribution in [2.75, 3.05) is 12.4 Å². The van der Waals surface area contributed by atoms with Crippen molar-refractivity contribution in [1.29, 1.82) is 0 Å². The van der Waals surface area contributed by atoms with E-state index in [1.807, 2.05) is 18.2 Å². The first-order valence-corrected chi connectivity index (χ1v) is 7.01. The molecule has 1 aliphatic heterocycles. The van der Waals surface area contributed by atoms with Crippen LogP contribution in [0.25, 0.3) is 0 Å². The third-order valence-corrected chi connectivity index (χ3v) is 3.67. The van der Waals surface area contributed by atoms with Crippen molar-refractivity contribution in [3.63, 3.8) is 0 Å². The number of hydrogen-bond donors (Lipinski definition) is 2. The highest BCUT2D eigenvalue weighted by Crippen LogP contribution is 2.19. The number of carbonyl (C=O) groups excluding carboxylic acids is 2. The SMILES string of the molecule is COc1ccc(NC(=O)C2Cc3ccccc3C(=O)N2)cc1. The van der Waals surface area contributed by atoms with Gasteiger partial charge in [0.1, 0.15) is 11.8 Å². The van der Waals surface area contributed by atoms with E-state index in [0.29, 0.717) is 17.7 Å². The van der Waals surface area contributed by atoms with Gasteiger partial charge in [-0.3, -0.25) is 9.59 Å². The maximum atomic E-state index is 12.3. The fourth-order valence-electron chi connectivity index (χ4n) is 2.49. The molecule has 0 aromatic heterocycles. The summed E-state index contributed by atoms with van der Waals surface area (Å²) in [5, 5.41) is 5.54. The van der Waals surface area contributed by atoms with Crippen LogP contribution in [0, 0.1) is 0 Å². The average Bonchev–Trinajstić information content (AvgIpc) is 2.55. The molecule has 0 fully saturated rings. The quantitative estimate of drug-likeness (QED) is 0.910. The highest BCUT2D eigenvalue weighted by atomic mass is 16.5. The Hall–Kier alpha value is -2.82. The van der Waals surface area contributed by atoms with Crippen LogP contribution >= 0.6 is 0 Å². The number of fused-ring (bicyclic) bond motifs is 1. The Morgan fingerprint density at radius 2 is 1.91 bits per heavy atom. The number of carbonyl (C=O) groups is 2. The minimum atomic E-state index is -0.565. The molecule has 0 radical (unpaired) electrons. The van der Waals surface area contributed by atoms with Crippen LogP contribution in [0.2, 0.25) is 0 Å². The molecule has 1 atom stereocenters. The molecule has 0 saturated carbocycles. The predicted octanol–water partition coefficient (Wildman–Crippen LogP) is 1.99. The van der Waals surface area contributed by atoms with Gasteiger partial charge in [0.25, 0.3) is 5.91 Å². The van der Waals surface area contributed by atoms with E-state index in [0.717, 1.165) is 11.3 Å². The second-order valence-corrected chi connectivity index (χ2v) is 5.11. The Morgan fingerprint density at radius 3 is 2.64 bits per heavy atom. The summed E-state index contributed by atoms with van der Waals surface area (Å²) in [7, 11) is 1.59. The summed E-state index contributed by atoms with van der Waals surface area (Å²) >= 11 is 0. The molecule has 0 bridgehead atoms. The first-order valence-electron chi connectivity index (χ1n) is 7.01. The van der Waals surface area contributed by atoms with Crippen LogP contribution in [-0.4, -0.2) is 25.0 Å². The molecule has 1 unspecified atom stereocenters. The van der Waals surface area contributed by atoms with Gasteiger partial charge >= 0.3 is 0 Å². The largest absolute Gasteiger partial charge is 0.497 e. The van der Waals surface area contributed by atoms with Crippen LogP contribution in [0.15, 0.2) is 48.5 Å². The monoisotopic (exact) mass is 296 g/mol. The second kappa shape index (κ2) is 5.89. The lowest BCUT2D eigenvalue weighted by Crippen LogP contribution is -2.48. The van der Waals surface area contributed by atoms with Crippen molar-refractivity contribution in [3.8, 4) is 5.75 Å². The Bertz CT molecular complexity index is 710. The van der Waals surface area contributed by atoms with Crippen LogP contribution in [0.5, 0.6) is 5.75 Å². The number of benzene rings is 2. The molecule has 112 valence electrons. The zero-order valence-corrected chi connectivity index (χ0v) is 12.1. The molecule has 5 heteroatoms. The van der Waals surface area contributed by atoms with Crippen molar-refractivity contribution in [2.45, 2.75) is 12.5 Å². The fraction of sp³-hybridized carbons (Fsp3) is 0.176. The maximum Gasteiger partial charge on any atom is 0.252 e. The van der Waals surface area contributed by atoms with Crippen LogP contribution < -0.4 is 15.4 Å². The normalized spacial score (nSPS) is 16.4. The van der Waals surface area contributed by atoms with Crippen LogP contribution in [0.3, 0.4) is 0 Å². The zero-order valence-electron chi connectivity index (χ0n) is 12.1. The van der Waals surface area contributed by atoms with E-state index < -0.39 is 6.04 Å². The van der Waals surface area contributed by atoms with Gasteiger partial charge in [0.15, 0.2) is 0 Å². The molecule has 1 aliphatic rings. The molecule has 0 aliphatic carbocycles. The van der Waals surface area contributed by atoms with Gasteiger partial charge in [0, 0.05) is 17.7 Å². The maximum absolute atomic E-state index is 12.3. The molecule has 5 nitrogen and oxygen atoms in total. The van der Waals surface area contributed by atoms with Crippen LogP contribution in [0.1, 0.15) is 15.9 Å². The van der Waals surface area contributed by atoms with Crippen molar-refractivity contribution in [1.82, 2.24) is 5.32 Å². The molecular formula is C17H16N2O3. The summed E-state index contributed by atoms with van der Waals surface area (Å²) in [5.41, 5.74) is 2.19. The average molecular weight is 296 g/mol. The minimum Gasteiger partial charge on any atom is -0.497 e. The third kappa shape index (κ3) is 2.79. The molecule has 1 heterocycles. The Kier molecular flexibility index (Phi) is 3.78. The molecule has 2 amide bonds. The molecule has 2 aromatic carbocycles. The van der Waals surface area contributed by atoms with Gasteiger partial charge in [0.2, 0.25) is 5.91 Å². The zero-order chi connectivity index (χ0) is 15.5. The van der Waals surface area contributed by atoms with Crippen molar-refractivity contribution in [2.24, 2.45) is 0 Å². The number of ether oxygens (including phenoxy) is 1. The Labute approximate surface area is 128 Å². The first kappa shape index (κ1) is 14.1. The lowest BCUT2D eigenvalue weighted by atomic mass is 9.95. The van der Waals surface area contributed by atoms with Crippen molar-refractivity contribution >= 4 is 17.5 Å². The molecular weight excluding hydrogens is 280 g/mol. The van der Waals surface area contributed by atoms with Crippen LogP contribution in [-0.2, 0) is 11.2 Å². The summed E-state index contributed by atoms with van der Waals surface area (Å²) in [6.07, 6.45) is 0.490. The Morgan fingerprint density at radius 1 is 1.18 bits per heavy atom. The smallest absolute Gasteiger partial charge is 0.252 e. The van der Waals surface area contributed by atoms with E-state index in [1.165, 1.54) is 0 Å². The number of amides is 2. The van der Waals surface area contributed by atoms with Crippen molar-refractivity contribution in [3.05, 3.63) is 59.7 Å². The first-order chi connectivity index (χ1) is 10.7. The summed E-state index contributed by atoms with van der Waals surface area (Å²) in [4.78, 5) is 24.3. The van der Waals surface area contributed by atoms with Gasteiger partial charge in [-0.05, 0) is 35.9 Å². The molecule has 0 saturated heterocycles. The number of anilines is 1. The summed E-state index contributed by atoms with van der Waals surface area (Å²) in [5.74, 6) is 0.280. The molecule has 0 spiro atoms. The second-order valence-electron chi connectivity index (χ2n) is 5.11. The van der Waals surface area contributed by atoms with E-state index in [1.54, 1.807) is 37.4 Å². The lowest BCUT2D eigenvalue weighted by Gasteiger charge is -2.24. The van der Waals surface area contributed by atoms with Gasteiger partial charge in [-0.25, -0.2) is 0 Å². The molecule has 2 aromatic rings. The van der Waals surface area contributed by atoms with Crippen LogP contribution in [0.4, 0.5) is 5.69 Å². The van der Waals surface area contributed by atoms with E-state index >= 15 is 0 Å². The number of methoxy groups -OCH3 is 1. The minimum absolute atomic E-state index is 0.211. The molecule has 22 heavy (non-hydrogen) atoms. The topological polar surface area (TPSA) is 67.4 Å². The van der Waals surface area contributed by atoms with E-state index in [-0.39, 0.29) is 11.8 Å². The standard InChI is InChI=1S/C17H16N2O3/c1-22-13-8-6-12(7-9-13)18-17(21)15-10-11-4-2-3-5-14(11)16(20)19-15/h2-9,15H,10H2,1H3,(H,18,21)(H,19,20). The van der Waals surface area contributed by atoms with E-state index in [4.69, 9.17) is 4.74 Å². The lowest BCUT2D eigenvalue weighted by molar-refractivity contribution is -0.118. The van der Waals surface area contributed by atoms with Crippen molar-refractivity contribution < 1.29 is 14.3 Å². The fourth-order valence-corrected chi connectivity index (χ4v) is 2.49. The molecule has 3 rings (SSSR count). The Balaban J connectivity index is 1.72. The summed E-state index contributed by atoms with van der Waals surface area (Å²) < 4.78 is 5.07. The highest BCUT2D eigenvalue weighted by Gasteiger charge is 2.28. The number of nitrogens with one attached hydrogen (secondary N) is 2. The third-order valence-electron chi connectivity index (χ3n) is 3.67. The van der Waals surface area contributed by atoms with Gasteiger partial charge < -0.3 is 15.4 Å². The van der Waals surface area contributed by atoms with Gasteiger partial charge in [-0.1, -0.05) is 18.2 Å². The predicted molar refractivity (Wildman–Crippen MR) is 83.0 cm³/mol. The summed E-state index contributed by atoms with van der Waals surface area (Å²) in [6.45, 7) is 0. The number of hydrogen-bond acceptors (Lipinski definition) is 3. The van der Waals surface area contributed by atoms with Gasteiger partial charge in [0.05, 0.1) is 7.11 Å². The van der Waals surface area contributed by atoms with Gasteiger partial charge in [-0.15, -0.1) is 0 Å².